The molecule has 0 spiro atoms. The molecule has 0 unspecified atom stereocenters. The van der Waals surface area contributed by atoms with Gasteiger partial charge in [-0.3, -0.25) is 4.79 Å². The number of nitrogens with zero attached hydrogens (tertiary/aromatic N) is 4. The molecule has 9 heteroatoms. The third-order valence-electron chi connectivity index (χ3n) is 4.40. The number of anilines is 1. The quantitative estimate of drug-likeness (QED) is 0.715. The lowest BCUT2D eigenvalue weighted by molar-refractivity contribution is -0.115. The van der Waals surface area contributed by atoms with Crippen LogP contribution < -0.4 is 5.73 Å². The van der Waals surface area contributed by atoms with Gasteiger partial charge in [0, 0.05) is 26.1 Å². The van der Waals surface area contributed by atoms with E-state index in [-0.39, 0.29) is 35.5 Å². The molecule has 1 aromatic carbocycles. The Morgan fingerprint density at radius 1 is 1.27 bits per heavy atom. The highest BCUT2D eigenvalue weighted by atomic mass is 32.2. The highest BCUT2D eigenvalue weighted by Crippen LogP contribution is 2.27. The van der Waals surface area contributed by atoms with Crippen molar-refractivity contribution in [1.29, 1.82) is 0 Å². The summed E-state index contributed by atoms with van der Waals surface area (Å²) in [6.07, 6.45) is 6.25. The molecule has 0 radical (unpaired) electrons. The first-order valence-electron chi connectivity index (χ1n) is 9.29. The topological polar surface area (TPSA) is 118 Å². The Morgan fingerprint density at radius 2 is 2.00 bits per heavy atom. The molecule has 30 heavy (non-hydrogen) atoms. The average Bonchev–Trinajstić information content (AvgIpc) is 2.72. The van der Waals surface area contributed by atoms with Crippen LogP contribution in [0, 0.1) is 6.42 Å². The van der Waals surface area contributed by atoms with E-state index in [1.807, 2.05) is 30.3 Å². The van der Waals surface area contributed by atoms with Crippen molar-refractivity contribution in [3.63, 3.8) is 0 Å². The van der Waals surface area contributed by atoms with Crippen LogP contribution in [0.1, 0.15) is 25.0 Å². The molecule has 8 nitrogen and oxygen atoms in total. The number of amidine groups is 1. The Balaban J connectivity index is 1.98. The molecule has 2 heterocycles. The first-order valence-corrected chi connectivity index (χ1v) is 10.7. The number of pyridine rings is 1. The van der Waals surface area contributed by atoms with Crippen LogP contribution in [0.15, 0.2) is 63.6 Å². The number of carbonyl (C=O) groups is 1. The fourth-order valence-corrected chi connectivity index (χ4v) is 4.46. The van der Waals surface area contributed by atoms with Crippen molar-refractivity contribution in [2.24, 2.45) is 9.98 Å². The first kappa shape index (κ1) is 21.4. The lowest BCUT2D eigenvalue weighted by atomic mass is 10.0. The van der Waals surface area contributed by atoms with Gasteiger partial charge in [-0.25, -0.2) is 18.4 Å². The predicted octanol–water partition coefficient (Wildman–Crippen LogP) is 2.49. The normalized spacial score (nSPS) is 15.2. The predicted molar refractivity (Wildman–Crippen MR) is 117 cm³/mol. The van der Waals surface area contributed by atoms with Crippen LogP contribution >= 0.6 is 0 Å². The summed E-state index contributed by atoms with van der Waals surface area (Å²) in [5, 5.41) is 0. The summed E-state index contributed by atoms with van der Waals surface area (Å²) in [4.78, 5) is 23.1. The van der Waals surface area contributed by atoms with Gasteiger partial charge < -0.3 is 5.73 Å². The van der Waals surface area contributed by atoms with Crippen LogP contribution in [0.4, 0.5) is 5.82 Å². The van der Waals surface area contributed by atoms with Crippen molar-refractivity contribution >= 4 is 39.4 Å². The summed E-state index contributed by atoms with van der Waals surface area (Å²) >= 11 is 0. The maximum atomic E-state index is 13.3. The number of aromatic nitrogens is 1. The first-order chi connectivity index (χ1) is 14.3. The number of aliphatic imine (C=N–C) groups is 2. The molecule has 0 saturated heterocycles. The second-order valence-electron chi connectivity index (χ2n) is 6.56. The van der Waals surface area contributed by atoms with E-state index in [9.17, 15) is 13.2 Å². The Morgan fingerprint density at radius 3 is 2.67 bits per heavy atom. The minimum Gasteiger partial charge on any atom is -0.382 e. The molecular weight excluding hydrogens is 402 g/mol. The Kier molecular flexibility index (Phi) is 6.43. The second-order valence-corrected chi connectivity index (χ2v) is 8.46. The zero-order valence-electron chi connectivity index (χ0n) is 16.7. The van der Waals surface area contributed by atoms with Crippen LogP contribution in [-0.4, -0.2) is 42.2 Å². The molecule has 0 bridgehead atoms. The van der Waals surface area contributed by atoms with E-state index in [0.29, 0.717) is 11.1 Å². The summed E-state index contributed by atoms with van der Waals surface area (Å²) in [6, 6.07) is 10.8. The van der Waals surface area contributed by atoms with E-state index in [0.717, 1.165) is 5.56 Å². The van der Waals surface area contributed by atoms with Gasteiger partial charge in [0.25, 0.3) is 0 Å². The molecule has 154 valence electrons. The number of amides is 1. The van der Waals surface area contributed by atoms with Crippen LogP contribution in [0.25, 0.3) is 5.57 Å². The SMILES string of the molecule is CCN(Cc1ccccc1)S(=O)(=O)c1cc(C2=CC(=NC(C)=O)N=C[CH+]2)cnc1N. The second kappa shape index (κ2) is 9.02. The molecule has 0 aliphatic carbocycles. The van der Waals surface area contributed by atoms with Gasteiger partial charge in [0.1, 0.15) is 21.8 Å². The van der Waals surface area contributed by atoms with E-state index in [1.165, 1.54) is 29.7 Å². The third kappa shape index (κ3) is 4.81. The number of carbonyl (C=O) groups excluding carboxylic acids is 1. The number of hydrogen-bond donors (Lipinski definition) is 1. The van der Waals surface area contributed by atoms with Crippen LogP contribution in [0.3, 0.4) is 0 Å². The number of nitrogen functional groups attached to an aromatic ring is 1. The van der Waals surface area contributed by atoms with Crippen LogP contribution in [0.5, 0.6) is 0 Å². The average molecular weight is 425 g/mol. The fraction of sp³-hybridized carbons (Fsp3) is 0.190. The molecule has 3 rings (SSSR count). The van der Waals surface area contributed by atoms with E-state index >= 15 is 0 Å². The van der Waals surface area contributed by atoms with Crippen molar-refractivity contribution in [2.45, 2.75) is 25.3 Å². The highest BCUT2D eigenvalue weighted by molar-refractivity contribution is 7.89. The number of sulfonamides is 1. The molecule has 2 aromatic rings. The van der Waals surface area contributed by atoms with Crippen molar-refractivity contribution in [1.82, 2.24) is 9.29 Å². The fourth-order valence-electron chi connectivity index (χ4n) is 2.93. The van der Waals surface area contributed by atoms with Gasteiger partial charge in [-0.2, -0.15) is 9.30 Å². The monoisotopic (exact) mass is 424 g/mol. The minimum absolute atomic E-state index is 0.0698. The molecule has 1 aromatic heterocycles. The van der Waals surface area contributed by atoms with Crippen LogP contribution in [0.2, 0.25) is 0 Å². The summed E-state index contributed by atoms with van der Waals surface area (Å²) in [5.74, 6) is -0.216. The number of rotatable bonds is 6. The van der Waals surface area contributed by atoms with E-state index < -0.39 is 10.0 Å². The lowest BCUT2D eigenvalue weighted by Crippen LogP contribution is -2.31. The standard InChI is InChI=1S/C21H21N5O3S/c1-3-26(14-16-7-5-4-6-8-16)30(28,29)19-11-18(13-24-21(19)22)17-9-10-23-20(12-17)25-15(2)27/h4-13H,3,14H2,1-2H3,(H-,22,24,25,27)/p+1. The molecular formula is C21H22N5O3S+. The lowest BCUT2D eigenvalue weighted by Gasteiger charge is -2.21. The van der Waals surface area contributed by atoms with Crippen molar-refractivity contribution in [3.8, 4) is 0 Å². The number of dihydropyridines is 1. The zero-order valence-corrected chi connectivity index (χ0v) is 17.5. The number of benzene rings is 1. The third-order valence-corrected chi connectivity index (χ3v) is 6.35. The van der Waals surface area contributed by atoms with Crippen molar-refractivity contribution < 1.29 is 13.2 Å². The van der Waals surface area contributed by atoms with Gasteiger partial charge in [-0.1, -0.05) is 37.3 Å². The smallest absolute Gasteiger partial charge is 0.248 e. The molecule has 1 aliphatic heterocycles. The van der Waals surface area contributed by atoms with Crippen molar-refractivity contribution in [2.75, 3.05) is 12.3 Å². The van der Waals surface area contributed by atoms with E-state index in [1.54, 1.807) is 19.4 Å². The maximum absolute atomic E-state index is 13.3. The molecule has 0 atom stereocenters. The van der Waals surface area contributed by atoms with Gasteiger partial charge in [-0.15, -0.1) is 0 Å². The van der Waals surface area contributed by atoms with Gasteiger partial charge in [0.05, 0.1) is 24.9 Å². The number of allylic oxidation sites excluding steroid dienone is 1. The van der Waals surface area contributed by atoms with E-state index in [2.05, 4.69) is 15.0 Å². The molecule has 1 amide bonds. The van der Waals surface area contributed by atoms with Gasteiger partial charge in [-0.05, 0) is 5.56 Å². The maximum Gasteiger partial charge on any atom is 0.248 e. The van der Waals surface area contributed by atoms with Crippen molar-refractivity contribution in [3.05, 3.63) is 66.2 Å². The largest absolute Gasteiger partial charge is 0.382 e. The van der Waals surface area contributed by atoms with Gasteiger partial charge in [0.15, 0.2) is 0 Å². The molecule has 1 aliphatic rings. The highest BCUT2D eigenvalue weighted by Gasteiger charge is 2.29. The molecule has 0 saturated carbocycles. The Hall–Kier alpha value is -3.30. The summed E-state index contributed by atoms with van der Waals surface area (Å²) < 4.78 is 28.0. The molecule has 2 N–H and O–H groups in total. The summed E-state index contributed by atoms with van der Waals surface area (Å²) in [6.45, 7) is 3.60. The van der Waals surface area contributed by atoms with Crippen LogP contribution in [-0.2, 0) is 21.4 Å². The zero-order chi connectivity index (χ0) is 21.7. The van der Waals surface area contributed by atoms with E-state index in [4.69, 9.17) is 5.73 Å². The summed E-state index contributed by atoms with van der Waals surface area (Å²) in [7, 11) is -3.89. The van der Waals surface area contributed by atoms with Gasteiger partial charge >= 0.3 is 0 Å². The van der Waals surface area contributed by atoms with Gasteiger partial charge in [0.2, 0.25) is 21.8 Å². The number of nitrogens with two attached hydrogens (primary N) is 1. The number of hydrogen-bond acceptors (Lipinski definition) is 5. The summed E-state index contributed by atoms with van der Waals surface area (Å²) in [5.41, 5.74) is 7.97. The minimum atomic E-state index is -3.89. The Bertz CT molecular complexity index is 1140. The Labute approximate surface area is 175 Å². The molecule has 0 fully saturated rings.